The quantitative estimate of drug-likeness (QED) is 0.635. The predicted molar refractivity (Wildman–Crippen MR) is 106 cm³/mol. The summed E-state index contributed by atoms with van der Waals surface area (Å²) in [6, 6.07) is 8.30. The fourth-order valence-electron chi connectivity index (χ4n) is 3.16. The van der Waals surface area contributed by atoms with Crippen LogP contribution in [0.5, 0.6) is 0 Å². The number of H-pyrrole nitrogens is 1. The van der Waals surface area contributed by atoms with Crippen molar-refractivity contribution in [1.82, 2.24) is 19.5 Å². The first kappa shape index (κ1) is 19.6. The Morgan fingerprint density at radius 2 is 2.00 bits per heavy atom. The molecule has 1 amide bonds. The number of anilines is 1. The van der Waals surface area contributed by atoms with Crippen LogP contribution in [0.25, 0.3) is 11.4 Å². The molecule has 29 heavy (non-hydrogen) atoms. The van der Waals surface area contributed by atoms with Crippen LogP contribution in [0.3, 0.4) is 0 Å². The maximum Gasteiger partial charge on any atom is 0.293 e. The number of aromatic nitrogens is 3. The maximum absolute atomic E-state index is 12.7. The third-order valence-electron chi connectivity index (χ3n) is 4.62. The minimum Gasteiger partial charge on any atom is -0.455 e. The van der Waals surface area contributed by atoms with Crippen molar-refractivity contribution in [2.24, 2.45) is 0 Å². The van der Waals surface area contributed by atoms with E-state index in [0.29, 0.717) is 29.5 Å². The van der Waals surface area contributed by atoms with E-state index in [9.17, 15) is 13.2 Å². The minimum absolute atomic E-state index is 0.00343. The summed E-state index contributed by atoms with van der Waals surface area (Å²) >= 11 is 6.14. The number of hydrogen-bond acceptors (Lipinski definition) is 6. The predicted octanol–water partition coefficient (Wildman–Crippen LogP) is 3.06. The van der Waals surface area contributed by atoms with Crippen LogP contribution < -0.4 is 5.32 Å². The highest BCUT2D eigenvalue weighted by Gasteiger charge is 2.31. The summed E-state index contributed by atoms with van der Waals surface area (Å²) in [4.78, 5) is 16.7. The van der Waals surface area contributed by atoms with Crippen LogP contribution in [0.2, 0.25) is 5.02 Å². The highest BCUT2D eigenvalue weighted by molar-refractivity contribution is 7.89. The summed E-state index contributed by atoms with van der Waals surface area (Å²) in [6.07, 6.45) is 1.64. The number of hydrogen-bond donors (Lipinski definition) is 2. The molecule has 0 radical (unpaired) electrons. The Labute approximate surface area is 172 Å². The molecule has 3 heterocycles. The van der Waals surface area contributed by atoms with E-state index in [0.717, 1.165) is 12.8 Å². The zero-order valence-corrected chi connectivity index (χ0v) is 17.0. The number of sulfonamides is 1. The molecule has 1 saturated heterocycles. The summed E-state index contributed by atoms with van der Waals surface area (Å²) in [6.45, 7) is 2.45. The molecule has 1 aliphatic rings. The average molecular weight is 436 g/mol. The number of carbonyl (C=O) groups excluding carboxylic acids is 1. The van der Waals surface area contributed by atoms with E-state index in [2.05, 4.69) is 20.5 Å². The third kappa shape index (κ3) is 3.78. The van der Waals surface area contributed by atoms with Crippen molar-refractivity contribution in [2.75, 3.05) is 18.4 Å². The molecule has 0 spiro atoms. The molecule has 11 heteroatoms. The van der Waals surface area contributed by atoms with Crippen molar-refractivity contribution in [3.05, 3.63) is 46.9 Å². The first-order chi connectivity index (χ1) is 13.9. The monoisotopic (exact) mass is 435 g/mol. The van der Waals surface area contributed by atoms with Gasteiger partial charge in [0, 0.05) is 24.7 Å². The topological polar surface area (TPSA) is 121 Å². The summed E-state index contributed by atoms with van der Waals surface area (Å²) in [5.41, 5.74) is 0.634. The summed E-state index contributed by atoms with van der Waals surface area (Å²) in [5, 5.41) is 9.63. The van der Waals surface area contributed by atoms with Crippen molar-refractivity contribution < 1.29 is 17.6 Å². The van der Waals surface area contributed by atoms with Gasteiger partial charge in [0.05, 0.1) is 5.02 Å². The SMILES string of the molecule is Cc1oc(C(=O)Nc2n[nH]c(-c3ccccc3Cl)n2)cc1S(=O)(=O)N1CCCC1. The Hall–Kier alpha value is -2.69. The second-order valence-corrected chi connectivity index (χ2v) is 8.90. The van der Waals surface area contributed by atoms with Crippen LogP contribution in [-0.4, -0.2) is 46.9 Å². The Balaban J connectivity index is 1.54. The molecule has 0 atom stereocenters. The normalized spacial score (nSPS) is 15.0. The van der Waals surface area contributed by atoms with E-state index in [1.807, 2.05) is 0 Å². The van der Waals surface area contributed by atoms with E-state index in [-0.39, 0.29) is 22.4 Å². The molecule has 0 saturated carbocycles. The lowest BCUT2D eigenvalue weighted by Crippen LogP contribution is -2.28. The molecular formula is C18H18ClN5O4S. The minimum atomic E-state index is -3.68. The second kappa shape index (κ2) is 7.62. The van der Waals surface area contributed by atoms with Gasteiger partial charge in [0.2, 0.25) is 16.0 Å². The van der Waals surface area contributed by atoms with Gasteiger partial charge in [-0.05, 0) is 31.9 Å². The summed E-state index contributed by atoms with van der Waals surface area (Å²) in [7, 11) is -3.68. The van der Waals surface area contributed by atoms with Gasteiger partial charge in [-0.15, -0.1) is 5.10 Å². The first-order valence-corrected chi connectivity index (χ1v) is 10.8. The van der Waals surface area contributed by atoms with E-state index in [4.69, 9.17) is 16.0 Å². The van der Waals surface area contributed by atoms with Gasteiger partial charge in [0.1, 0.15) is 10.7 Å². The molecule has 3 aromatic rings. The Kier molecular flexibility index (Phi) is 5.15. The molecule has 1 fully saturated rings. The standard InChI is InChI=1S/C18H18ClN5O4S/c1-11-15(29(26,27)24-8-4-5-9-24)10-14(28-11)17(25)21-18-20-16(22-23-18)12-6-2-3-7-13(12)19/h2-3,6-7,10H,4-5,8-9H2,1H3,(H2,20,21,22,23,25). The molecule has 1 aromatic carbocycles. The second-order valence-electron chi connectivity index (χ2n) is 6.58. The molecule has 1 aliphatic heterocycles. The van der Waals surface area contributed by atoms with Crippen LogP contribution in [0.4, 0.5) is 5.95 Å². The maximum atomic E-state index is 12.7. The number of nitrogens with zero attached hydrogens (tertiary/aromatic N) is 3. The van der Waals surface area contributed by atoms with Crippen LogP contribution in [0.15, 0.2) is 39.6 Å². The Morgan fingerprint density at radius 3 is 2.72 bits per heavy atom. The van der Waals surface area contributed by atoms with Gasteiger partial charge in [-0.2, -0.15) is 9.29 Å². The molecule has 0 bridgehead atoms. The highest BCUT2D eigenvalue weighted by Crippen LogP contribution is 2.27. The molecule has 152 valence electrons. The van der Waals surface area contributed by atoms with Gasteiger partial charge in [-0.1, -0.05) is 23.7 Å². The van der Waals surface area contributed by atoms with Crippen molar-refractivity contribution in [3.8, 4) is 11.4 Å². The van der Waals surface area contributed by atoms with Gasteiger partial charge in [-0.25, -0.2) is 8.42 Å². The van der Waals surface area contributed by atoms with Gasteiger partial charge < -0.3 is 4.42 Å². The number of halogens is 1. The van der Waals surface area contributed by atoms with Crippen LogP contribution in [0, 0.1) is 6.92 Å². The molecule has 9 nitrogen and oxygen atoms in total. The Morgan fingerprint density at radius 1 is 1.28 bits per heavy atom. The van der Waals surface area contributed by atoms with Gasteiger partial charge in [0.15, 0.2) is 11.6 Å². The number of benzene rings is 1. The zero-order chi connectivity index (χ0) is 20.6. The highest BCUT2D eigenvalue weighted by atomic mass is 35.5. The number of rotatable bonds is 5. The lowest BCUT2D eigenvalue weighted by Gasteiger charge is -2.14. The average Bonchev–Trinajstić information content (AvgIpc) is 3.43. The van der Waals surface area contributed by atoms with E-state index >= 15 is 0 Å². The lowest BCUT2D eigenvalue weighted by molar-refractivity contribution is 0.0994. The van der Waals surface area contributed by atoms with E-state index in [1.54, 1.807) is 24.3 Å². The smallest absolute Gasteiger partial charge is 0.293 e. The van der Waals surface area contributed by atoms with Gasteiger partial charge in [-0.3, -0.25) is 15.2 Å². The van der Waals surface area contributed by atoms with E-state index in [1.165, 1.54) is 17.3 Å². The van der Waals surface area contributed by atoms with Crippen LogP contribution in [0.1, 0.15) is 29.2 Å². The van der Waals surface area contributed by atoms with Crippen LogP contribution in [-0.2, 0) is 10.0 Å². The van der Waals surface area contributed by atoms with Crippen molar-refractivity contribution in [2.45, 2.75) is 24.7 Å². The molecular weight excluding hydrogens is 418 g/mol. The number of aryl methyl sites for hydroxylation is 1. The lowest BCUT2D eigenvalue weighted by atomic mass is 10.2. The molecule has 4 rings (SSSR count). The molecule has 2 N–H and O–H groups in total. The number of furan rings is 1. The summed E-state index contributed by atoms with van der Waals surface area (Å²) < 4.78 is 32.3. The van der Waals surface area contributed by atoms with E-state index < -0.39 is 15.9 Å². The van der Waals surface area contributed by atoms with Gasteiger partial charge in [0.25, 0.3) is 5.91 Å². The van der Waals surface area contributed by atoms with Crippen molar-refractivity contribution in [1.29, 1.82) is 0 Å². The largest absolute Gasteiger partial charge is 0.455 e. The zero-order valence-electron chi connectivity index (χ0n) is 15.5. The third-order valence-corrected chi connectivity index (χ3v) is 6.95. The number of carbonyl (C=O) groups is 1. The fourth-order valence-corrected chi connectivity index (χ4v) is 5.06. The molecule has 0 unspecified atom stereocenters. The number of aromatic amines is 1. The fraction of sp³-hybridized carbons (Fsp3) is 0.278. The molecule has 2 aromatic heterocycles. The number of nitrogens with one attached hydrogen (secondary N) is 2. The van der Waals surface area contributed by atoms with Gasteiger partial charge >= 0.3 is 0 Å². The number of amides is 1. The van der Waals surface area contributed by atoms with Crippen molar-refractivity contribution >= 4 is 33.5 Å². The Bertz CT molecular complexity index is 1160. The van der Waals surface area contributed by atoms with Crippen molar-refractivity contribution in [3.63, 3.8) is 0 Å². The van der Waals surface area contributed by atoms with Crippen LogP contribution >= 0.6 is 11.6 Å². The molecule has 0 aliphatic carbocycles. The summed E-state index contributed by atoms with van der Waals surface area (Å²) in [5.74, 6) is -0.222. The first-order valence-electron chi connectivity index (χ1n) is 8.95.